The second-order valence-electron chi connectivity index (χ2n) is 7.48. The van der Waals surface area contributed by atoms with Crippen LogP contribution in [0.4, 0.5) is 0 Å². The first kappa shape index (κ1) is 12.5. The molecule has 0 heteroatoms. The number of rotatable bonds is 3. The third-order valence-corrected chi connectivity index (χ3v) is 5.60. The van der Waals surface area contributed by atoms with Crippen molar-refractivity contribution in [2.24, 2.45) is 53.3 Å². The Hall–Kier alpha value is 0. The van der Waals surface area contributed by atoms with E-state index in [1.54, 1.807) is 0 Å². The monoisotopic (exact) mass is 222 g/mol. The average molecular weight is 222 g/mol. The topological polar surface area (TPSA) is 0 Å². The Morgan fingerprint density at radius 1 is 0.562 bits per heavy atom. The molecule has 2 aliphatic carbocycles. The molecule has 4 unspecified atom stereocenters. The van der Waals surface area contributed by atoms with Crippen LogP contribution in [0.5, 0.6) is 0 Å². The third-order valence-electron chi connectivity index (χ3n) is 5.60. The molecule has 2 rings (SSSR count). The minimum absolute atomic E-state index is 0.884. The summed E-state index contributed by atoms with van der Waals surface area (Å²) in [6, 6.07) is 0. The van der Waals surface area contributed by atoms with Gasteiger partial charge in [-0.25, -0.2) is 0 Å². The van der Waals surface area contributed by atoms with Gasteiger partial charge < -0.3 is 0 Å². The molecule has 4 atom stereocenters. The van der Waals surface area contributed by atoms with E-state index in [2.05, 4.69) is 48.5 Å². The van der Waals surface area contributed by atoms with E-state index in [4.69, 9.17) is 0 Å². The standard InChI is InChI=1S/C16H30/c1-8(2)12-11(7)13(9(3)4)16-14(10(5)6)15(12)16/h8-16H,1-7H3. The van der Waals surface area contributed by atoms with Crippen LogP contribution >= 0.6 is 0 Å². The predicted octanol–water partition coefficient (Wildman–Crippen LogP) is 4.70. The van der Waals surface area contributed by atoms with Crippen LogP contribution in [-0.4, -0.2) is 0 Å². The minimum Gasteiger partial charge on any atom is -0.0625 e. The lowest BCUT2D eigenvalue weighted by molar-refractivity contribution is 0.156. The first-order valence-corrected chi connectivity index (χ1v) is 7.37. The maximum Gasteiger partial charge on any atom is -0.0313 e. The molecule has 0 aromatic carbocycles. The molecule has 2 fully saturated rings. The fraction of sp³-hybridized carbons (Fsp3) is 1.00. The van der Waals surface area contributed by atoms with E-state index in [9.17, 15) is 0 Å². The van der Waals surface area contributed by atoms with Crippen molar-refractivity contribution in [1.29, 1.82) is 0 Å². The summed E-state index contributed by atoms with van der Waals surface area (Å²) >= 11 is 0. The summed E-state index contributed by atoms with van der Waals surface area (Å²) in [5.74, 6) is 8.84. The lowest BCUT2D eigenvalue weighted by Crippen LogP contribution is -2.27. The van der Waals surface area contributed by atoms with Crippen molar-refractivity contribution >= 4 is 0 Å². The van der Waals surface area contributed by atoms with Crippen molar-refractivity contribution in [3.05, 3.63) is 0 Å². The van der Waals surface area contributed by atoms with E-state index in [0.717, 1.165) is 53.3 Å². The Morgan fingerprint density at radius 2 is 0.875 bits per heavy atom. The van der Waals surface area contributed by atoms with Crippen LogP contribution in [0.15, 0.2) is 0 Å². The maximum absolute atomic E-state index is 2.53. The summed E-state index contributed by atoms with van der Waals surface area (Å²) in [5, 5.41) is 0. The Balaban J connectivity index is 2.19. The van der Waals surface area contributed by atoms with Crippen molar-refractivity contribution in [3.63, 3.8) is 0 Å². The molecule has 2 aliphatic rings. The summed E-state index contributed by atoms with van der Waals surface area (Å²) in [5.41, 5.74) is 0. The lowest BCUT2D eigenvalue weighted by Gasteiger charge is -2.32. The molecule has 0 amide bonds. The highest BCUT2D eigenvalue weighted by atomic mass is 14.7. The van der Waals surface area contributed by atoms with E-state index in [-0.39, 0.29) is 0 Å². The second-order valence-corrected chi connectivity index (χ2v) is 7.48. The largest absolute Gasteiger partial charge is 0.0625 e. The van der Waals surface area contributed by atoms with Gasteiger partial charge in [0.25, 0.3) is 0 Å². The zero-order valence-corrected chi connectivity index (χ0v) is 12.2. The number of fused-ring (bicyclic) bond motifs is 1. The first-order valence-electron chi connectivity index (χ1n) is 7.37. The van der Waals surface area contributed by atoms with Crippen molar-refractivity contribution in [1.82, 2.24) is 0 Å². The van der Waals surface area contributed by atoms with Crippen LogP contribution in [0.2, 0.25) is 0 Å². The number of hydrogen-bond donors (Lipinski definition) is 0. The fourth-order valence-electron chi connectivity index (χ4n) is 5.36. The average Bonchev–Trinajstić information content (AvgIpc) is 2.71. The van der Waals surface area contributed by atoms with Gasteiger partial charge in [0.2, 0.25) is 0 Å². The summed E-state index contributed by atoms with van der Waals surface area (Å²) in [4.78, 5) is 0. The Morgan fingerprint density at radius 3 is 1.12 bits per heavy atom. The molecule has 0 bridgehead atoms. The Kier molecular flexibility index (Phi) is 3.14. The summed E-state index contributed by atoms with van der Waals surface area (Å²) < 4.78 is 0. The molecule has 16 heavy (non-hydrogen) atoms. The van der Waals surface area contributed by atoms with Crippen molar-refractivity contribution in [2.75, 3.05) is 0 Å². The van der Waals surface area contributed by atoms with Gasteiger partial charge in [0, 0.05) is 0 Å². The van der Waals surface area contributed by atoms with Crippen LogP contribution in [0.25, 0.3) is 0 Å². The fourth-order valence-corrected chi connectivity index (χ4v) is 5.36. The molecule has 0 aromatic heterocycles. The molecule has 0 saturated heterocycles. The van der Waals surface area contributed by atoms with E-state index in [0.29, 0.717) is 0 Å². The third kappa shape index (κ3) is 1.64. The Labute approximate surface area is 102 Å². The molecule has 0 heterocycles. The lowest BCUT2D eigenvalue weighted by atomic mass is 9.73. The molecule has 0 N–H and O–H groups in total. The predicted molar refractivity (Wildman–Crippen MR) is 71.1 cm³/mol. The molecule has 0 aromatic rings. The quantitative estimate of drug-likeness (QED) is 0.649. The highest BCUT2D eigenvalue weighted by Gasteiger charge is 2.66. The zero-order chi connectivity index (χ0) is 12.2. The molecule has 0 aliphatic heterocycles. The van der Waals surface area contributed by atoms with Gasteiger partial charge in [0.05, 0.1) is 0 Å². The zero-order valence-electron chi connectivity index (χ0n) is 12.2. The smallest absolute Gasteiger partial charge is 0.0313 e. The van der Waals surface area contributed by atoms with E-state index in [1.165, 1.54) is 0 Å². The van der Waals surface area contributed by atoms with Gasteiger partial charge in [-0.3, -0.25) is 0 Å². The normalized spacial score (nSPS) is 46.9. The molecule has 0 radical (unpaired) electrons. The van der Waals surface area contributed by atoms with Gasteiger partial charge in [-0.1, -0.05) is 48.5 Å². The van der Waals surface area contributed by atoms with Crippen LogP contribution in [0.1, 0.15) is 48.5 Å². The second kappa shape index (κ2) is 4.03. The summed E-state index contributed by atoms with van der Waals surface area (Å²) in [7, 11) is 0. The maximum atomic E-state index is 2.53. The van der Waals surface area contributed by atoms with E-state index >= 15 is 0 Å². The van der Waals surface area contributed by atoms with Gasteiger partial charge in [-0.15, -0.1) is 0 Å². The van der Waals surface area contributed by atoms with Crippen molar-refractivity contribution in [2.45, 2.75) is 48.5 Å². The Bertz CT molecular complexity index is 229. The van der Waals surface area contributed by atoms with Crippen LogP contribution in [0.3, 0.4) is 0 Å². The molecule has 0 nitrogen and oxygen atoms in total. The van der Waals surface area contributed by atoms with Gasteiger partial charge in [0.15, 0.2) is 0 Å². The van der Waals surface area contributed by atoms with Crippen LogP contribution in [0, 0.1) is 53.3 Å². The molecule has 2 saturated carbocycles. The molecule has 0 spiro atoms. The highest BCUT2D eigenvalue weighted by molar-refractivity contribution is 5.13. The van der Waals surface area contributed by atoms with Crippen molar-refractivity contribution in [3.8, 4) is 0 Å². The summed E-state index contributed by atoms with van der Waals surface area (Å²) in [6.07, 6.45) is 0. The van der Waals surface area contributed by atoms with Crippen molar-refractivity contribution < 1.29 is 0 Å². The number of hydrogen-bond acceptors (Lipinski definition) is 0. The first-order chi connectivity index (χ1) is 7.37. The van der Waals surface area contributed by atoms with Gasteiger partial charge in [-0.05, 0) is 53.3 Å². The molecular formula is C16H30. The minimum atomic E-state index is 0.884. The van der Waals surface area contributed by atoms with E-state index in [1.807, 2.05) is 0 Å². The van der Waals surface area contributed by atoms with E-state index < -0.39 is 0 Å². The highest BCUT2D eigenvalue weighted by Crippen LogP contribution is 2.70. The molecular weight excluding hydrogens is 192 g/mol. The molecule has 94 valence electrons. The SMILES string of the molecule is CC(C)C1C(C)C(C(C)C)C2C(C(C)C)C12. The van der Waals surface area contributed by atoms with Gasteiger partial charge in [0.1, 0.15) is 0 Å². The van der Waals surface area contributed by atoms with Crippen LogP contribution < -0.4 is 0 Å². The van der Waals surface area contributed by atoms with Gasteiger partial charge >= 0.3 is 0 Å². The van der Waals surface area contributed by atoms with Crippen LogP contribution in [-0.2, 0) is 0 Å². The summed E-state index contributed by atoms with van der Waals surface area (Å²) in [6.45, 7) is 17.2. The van der Waals surface area contributed by atoms with Gasteiger partial charge in [-0.2, -0.15) is 0 Å².